The van der Waals surface area contributed by atoms with Crippen molar-refractivity contribution in [1.29, 1.82) is 0 Å². The predicted octanol–water partition coefficient (Wildman–Crippen LogP) is 3.39. The van der Waals surface area contributed by atoms with Crippen molar-refractivity contribution in [1.82, 2.24) is 9.55 Å². The summed E-state index contributed by atoms with van der Waals surface area (Å²) in [4.78, 5) is 16.4. The van der Waals surface area contributed by atoms with Crippen molar-refractivity contribution in [3.63, 3.8) is 0 Å². The van der Waals surface area contributed by atoms with E-state index >= 15 is 0 Å². The van der Waals surface area contributed by atoms with Crippen molar-refractivity contribution in [3.8, 4) is 11.3 Å². The lowest BCUT2D eigenvalue weighted by molar-refractivity contribution is -0.116. The van der Waals surface area contributed by atoms with E-state index in [0.717, 1.165) is 40.8 Å². The Morgan fingerprint density at radius 1 is 1.45 bits per heavy atom. The molecule has 4 nitrogen and oxygen atoms in total. The van der Waals surface area contributed by atoms with Crippen LogP contribution in [0.3, 0.4) is 0 Å². The number of benzene rings is 1. The number of thioether (sulfide) groups is 1. The second kappa shape index (κ2) is 5.71. The maximum Gasteiger partial charge on any atom is 0.224 e. The average Bonchev–Trinajstić information content (AvgIpc) is 3.00. The molecule has 1 aromatic heterocycles. The molecule has 104 valence electrons. The summed E-state index contributed by atoms with van der Waals surface area (Å²) < 4.78 is 2.17. The van der Waals surface area contributed by atoms with Gasteiger partial charge in [-0.1, -0.05) is 36.9 Å². The Kier molecular flexibility index (Phi) is 3.78. The molecule has 1 aliphatic heterocycles. The van der Waals surface area contributed by atoms with Gasteiger partial charge in [-0.05, 0) is 12.5 Å². The zero-order valence-corrected chi connectivity index (χ0v) is 12.2. The average molecular weight is 287 g/mol. The number of imidazole rings is 1. The molecule has 1 N–H and O–H groups in total. The molecule has 0 fully saturated rings. The van der Waals surface area contributed by atoms with Gasteiger partial charge in [-0.25, -0.2) is 4.98 Å². The summed E-state index contributed by atoms with van der Waals surface area (Å²) in [7, 11) is 0. The third kappa shape index (κ3) is 2.58. The van der Waals surface area contributed by atoms with Crippen LogP contribution in [0.1, 0.15) is 19.8 Å². The number of aromatic nitrogens is 2. The lowest BCUT2D eigenvalue weighted by Gasteiger charge is -2.09. The molecule has 2 heterocycles. The third-order valence-corrected chi connectivity index (χ3v) is 4.23. The van der Waals surface area contributed by atoms with E-state index in [9.17, 15) is 4.79 Å². The van der Waals surface area contributed by atoms with Gasteiger partial charge < -0.3 is 9.88 Å². The van der Waals surface area contributed by atoms with Crippen LogP contribution in [0.2, 0.25) is 0 Å². The largest absolute Gasteiger partial charge is 0.325 e. The summed E-state index contributed by atoms with van der Waals surface area (Å²) in [5, 5.41) is 4.04. The molecule has 0 aliphatic carbocycles. The molecular weight excluding hydrogens is 270 g/mol. The maximum absolute atomic E-state index is 11.8. The second-order valence-corrected chi connectivity index (χ2v) is 5.86. The summed E-state index contributed by atoms with van der Waals surface area (Å²) >= 11 is 1.78. The minimum Gasteiger partial charge on any atom is -0.325 e. The molecule has 0 bridgehead atoms. The predicted molar refractivity (Wildman–Crippen MR) is 81.9 cm³/mol. The fourth-order valence-electron chi connectivity index (χ4n) is 2.29. The molecule has 0 saturated heterocycles. The number of rotatable bonds is 4. The number of carbonyl (C=O) groups excluding carboxylic acids is 1. The molecule has 0 unspecified atom stereocenters. The van der Waals surface area contributed by atoms with Crippen LogP contribution < -0.4 is 5.32 Å². The van der Waals surface area contributed by atoms with Gasteiger partial charge in [0.1, 0.15) is 0 Å². The Balaban J connectivity index is 1.90. The molecule has 2 aromatic rings. The van der Waals surface area contributed by atoms with Crippen LogP contribution >= 0.6 is 11.8 Å². The molecular formula is C15H17N3OS. The number of para-hydroxylation sites is 1. The van der Waals surface area contributed by atoms with Crippen LogP contribution in [0.4, 0.5) is 5.69 Å². The van der Waals surface area contributed by atoms with Crippen molar-refractivity contribution in [2.75, 3.05) is 11.1 Å². The first-order chi connectivity index (χ1) is 9.78. The summed E-state index contributed by atoms with van der Waals surface area (Å²) in [6, 6.07) is 7.84. The first-order valence-corrected chi connectivity index (χ1v) is 7.85. The third-order valence-electron chi connectivity index (χ3n) is 3.26. The van der Waals surface area contributed by atoms with Crippen LogP contribution in [0.25, 0.3) is 11.3 Å². The van der Waals surface area contributed by atoms with Crippen LogP contribution in [0.5, 0.6) is 0 Å². The Morgan fingerprint density at radius 3 is 3.10 bits per heavy atom. The van der Waals surface area contributed by atoms with E-state index in [1.807, 2.05) is 31.2 Å². The van der Waals surface area contributed by atoms with Gasteiger partial charge in [-0.2, -0.15) is 0 Å². The molecule has 5 heteroatoms. The second-order valence-electron chi connectivity index (χ2n) is 4.79. The number of aryl methyl sites for hydroxylation is 1. The topological polar surface area (TPSA) is 46.9 Å². The maximum atomic E-state index is 11.8. The van der Waals surface area contributed by atoms with Gasteiger partial charge in [0.2, 0.25) is 5.91 Å². The lowest BCUT2D eigenvalue weighted by Crippen LogP contribution is -2.11. The van der Waals surface area contributed by atoms with E-state index in [0.29, 0.717) is 6.42 Å². The van der Waals surface area contributed by atoms with Crippen LogP contribution in [0.15, 0.2) is 35.6 Å². The zero-order chi connectivity index (χ0) is 13.9. The smallest absolute Gasteiger partial charge is 0.224 e. The molecule has 0 saturated carbocycles. The van der Waals surface area contributed by atoms with E-state index in [1.54, 1.807) is 11.8 Å². The number of hydrogen-bond donors (Lipinski definition) is 1. The first kappa shape index (κ1) is 13.2. The van der Waals surface area contributed by atoms with E-state index in [1.165, 1.54) is 0 Å². The van der Waals surface area contributed by atoms with E-state index in [4.69, 9.17) is 0 Å². The molecule has 3 rings (SSSR count). The number of nitrogens with one attached hydrogen (secondary N) is 1. The molecule has 1 aliphatic rings. The van der Waals surface area contributed by atoms with Gasteiger partial charge in [0.05, 0.1) is 11.4 Å². The van der Waals surface area contributed by atoms with Crippen molar-refractivity contribution >= 4 is 23.4 Å². The quantitative estimate of drug-likeness (QED) is 0.937. The monoisotopic (exact) mass is 287 g/mol. The van der Waals surface area contributed by atoms with Crippen molar-refractivity contribution in [2.45, 2.75) is 31.5 Å². The summed E-state index contributed by atoms with van der Waals surface area (Å²) in [6.07, 6.45) is 3.47. The zero-order valence-electron chi connectivity index (χ0n) is 11.4. The number of hydrogen-bond acceptors (Lipinski definition) is 3. The van der Waals surface area contributed by atoms with E-state index in [2.05, 4.69) is 21.1 Å². The van der Waals surface area contributed by atoms with Crippen molar-refractivity contribution < 1.29 is 4.79 Å². The van der Waals surface area contributed by atoms with Gasteiger partial charge in [0, 0.05) is 30.5 Å². The van der Waals surface area contributed by atoms with Gasteiger partial charge in [0.15, 0.2) is 5.16 Å². The number of nitrogens with zero attached hydrogens (tertiary/aromatic N) is 2. The van der Waals surface area contributed by atoms with Crippen LogP contribution in [0, 0.1) is 0 Å². The minimum atomic E-state index is 0.0566. The van der Waals surface area contributed by atoms with E-state index < -0.39 is 0 Å². The Bertz CT molecular complexity index is 614. The fourth-order valence-corrected chi connectivity index (χ4v) is 3.24. The number of carbonyl (C=O) groups is 1. The van der Waals surface area contributed by atoms with Gasteiger partial charge in [-0.3, -0.25) is 4.79 Å². The summed E-state index contributed by atoms with van der Waals surface area (Å²) in [5.41, 5.74) is 2.76. The lowest BCUT2D eigenvalue weighted by atomic mass is 10.1. The highest BCUT2D eigenvalue weighted by molar-refractivity contribution is 7.99. The fraction of sp³-hybridized carbons (Fsp3) is 0.333. The molecule has 20 heavy (non-hydrogen) atoms. The normalized spacial score (nSPS) is 13.2. The van der Waals surface area contributed by atoms with Crippen molar-refractivity contribution in [3.05, 3.63) is 30.5 Å². The highest BCUT2D eigenvalue weighted by atomic mass is 32.2. The van der Waals surface area contributed by atoms with Gasteiger partial charge >= 0.3 is 0 Å². The standard InChI is InChI=1S/C15H17N3OS/c1-2-5-14(19)16-12-7-4-3-6-11(12)13-10-18-8-9-20-15(18)17-13/h3-4,6-7,10H,2,5,8-9H2,1H3,(H,16,19). The first-order valence-electron chi connectivity index (χ1n) is 6.87. The highest BCUT2D eigenvalue weighted by Gasteiger charge is 2.17. The number of anilines is 1. The molecule has 0 atom stereocenters. The minimum absolute atomic E-state index is 0.0566. The Labute approximate surface area is 122 Å². The van der Waals surface area contributed by atoms with Crippen LogP contribution in [-0.2, 0) is 11.3 Å². The molecule has 1 aromatic carbocycles. The van der Waals surface area contributed by atoms with Crippen molar-refractivity contribution in [2.24, 2.45) is 0 Å². The van der Waals surface area contributed by atoms with E-state index in [-0.39, 0.29) is 5.91 Å². The Morgan fingerprint density at radius 2 is 2.30 bits per heavy atom. The van der Waals surface area contributed by atoms with Gasteiger partial charge in [-0.15, -0.1) is 0 Å². The molecule has 0 radical (unpaired) electrons. The Hall–Kier alpha value is -1.75. The SMILES string of the molecule is CCCC(=O)Nc1ccccc1-c1cn2c(n1)SCC2. The summed E-state index contributed by atoms with van der Waals surface area (Å²) in [5.74, 6) is 1.15. The number of fused-ring (bicyclic) bond motifs is 1. The van der Waals surface area contributed by atoms with Crippen LogP contribution in [-0.4, -0.2) is 21.2 Å². The molecule has 0 spiro atoms. The summed E-state index contributed by atoms with van der Waals surface area (Å²) in [6.45, 7) is 3.01. The molecule has 1 amide bonds. The van der Waals surface area contributed by atoms with Gasteiger partial charge in [0.25, 0.3) is 0 Å². The highest BCUT2D eigenvalue weighted by Crippen LogP contribution is 2.32. The number of amides is 1.